The summed E-state index contributed by atoms with van der Waals surface area (Å²) >= 11 is 0. The molecule has 0 bridgehead atoms. The van der Waals surface area contributed by atoms with Crippen molar-refractivity contribution in [1.29, 1.82) is 0 Å². The van der Waals surface area contributed by atoms with Crippen LogP contribution in [-0.4, -0.2) is 46.2 Å². The number of imide groups is 1. The van der Waals surface area contributed by atoms with E-state index in [1.165, 1.54) is 0 Å². The molecule has 0 aliphatic carbocycles. The number of carbonyl (C=O) groups is 2. The van der Waals surface area contributed by atoms with Crippen molar-refractivity contribution in [1.82, 2.24) is 4.90 Å². The van der Waals surface area contributed by atoms with Crippen molar-refractivity contribution < 1.29 is 19.8 Å². The molecule has 1 aliphatic heterocycles. The van der Waals surface area contributed by atoms with Gasteiger partial charge < -0.3 is 10.2 Å². The van der Waals surface area contributed by atoms with Crippen molar-refractivity contribution in [2.45, 2.75) is 31.7 Å². The quantitative estimate of drug-likeness (QED) is 0.590. The Morgan fingerprint density at radius 1 is 1.07 bits per heavy atom. The highest BCUT2D eigenvalue weighted by atomic mass is 16.3. The Morgan fingerprint density at radius 3 is 1.86 bits per heavy atom. The smallest absolute Gasteiger partial charge is 0.229 e. The number of hydrogen-bond donors (Lipinski definition) is 2. The minimum Gasteiger partial charge on any atom is -0.394 e. The second kappa shape index (κ2) is 5.07. The lowest BCUT2D eigenvalue weighted by atomic mass is 10.2. The van der Waals surface area contributed by atoms with Gasteiger partial charge in [-0.1, -0.05) is 0 Å². The molecule has 0 saturated carbocycles. The van der Waals surface area contributed by atoms with Gasteiger partial charge in [0.2, 0.25) is 11.8 Å². The van der Waals surface area contributed by atoms with E-state index in [1.54, 1.807) is 0 Å². The second-order valence-electron chi connectivity index (χ2n) is 3.38. The van der Waals surface area contributed by atoms with Crippen molar-refractivity contribution in [2.24, 2.45) is 0 Å². The molecule has 0 atom stereocenters. The summed E-state index contributed by atoms with van der Waals surface area (Å²) in [6, 6.07) is -0.770. The highest BCUT2D eigenvalue weighted by Crippen LogP contribution is 2.15. The highest BCUT2D eigenvalue weighted by Gasteiger charge is 2.29. The van der Waals surface area contributed by atoms with Crippen LogP contribution in [0.15, 0.2) is 0 Å². The number of likely N-dealkylation sites (tertiary alicyclic amines) is 1. The van der Waals surface area contributed by atoms with Gasteiger partial charge in [0.05, 0.1) is 19.3 Å². The van der Waals surface area contributed by atoms with Crippen molar-refractivity contribution in [3.63, 3.8) is 0 Å². The van der Waals surface area contributed by atoms with Crippen LogP contribution >= 0.6 is 0 Å². The number of aliphatic hydroxyl groups excluding tert-OH is 2. The monoisotopic (exact) mass is 201 g/mol. The molecule has 2 amide bonds. The fraction of sp³-hybridized carbons (Fsp3) is 0.778. The molecule has 80 valence electrons. The molecule has 1 heterocycles. The standard InChI is InChI=1S/C9H15NO4/c11-5-7(6-12)10-8(13)3-1-2-4-9(10)14/h7,11-12H,1-6H2. The predicted octanol–water partition coefficient (Wildman–Crippen LogP) is -0.731. The zero-order chi connectivity index (χ0) is 10.6. The lowest BCUT2D eigenvalue weighted by Crippen LogP contribution is -2.47. The zero-order valence-corrected chi connectivity index (χ0v) is 7.98. The topological polar surface area (TPSA) is 77.8 Å². The third-order valence-electron chi connectivity index (χ3n) is 2.36. The number of amides is 2. The lowest BCUT2D eigenvalue weighted by molar-refractivity contribution is -0.148. The van der Waals surface area contributed by atoms with Crippen LogP contribution in [0.2, 0.25) is 0 Å². The van der Waals surface area contributed by atoms with Gasteiger partial charge >= 0.3 is 0 Å². The molecule has 0 aromatic rings. The molecule has 0 spiro atoms. The molecule has 2 N–H and O–H groups in total. The maximum Gasteiger partial charge on any atom is 0.229 e. The fourth-order valence-electron chi connectivity index (χ4n) is 1.56. The predicted molar refractivity (Wildman–Crippen MR) is 48.3 cm³/mol. The van der Waals surface area contributed by atoms with Gasteiger partial charge in [-0.2, -0.15) is 0 Å². The normalized spacial score (nSPS) is 18.9. The van der Waals surface area contributed by atoms with E-state index in [-0.39, 0.29) is 25.0 Å². The molecule has 1 fully saturated rings. The van der Waals surface area contributed by atoms with E-state index in [0.29, 0.717) is 25.7 Å². The Morgan fingerprint density at radius 2 is 1.50 bits per heavy atom. The molecule has 5 heteroatoms. The lowest BCUT2D eigenvalue weighted by Gasteiger charge is -2.25. The van der Waals surface area contributed by atoms with Crippen LogP contribution in [0.25, 0.3) is 0 Å². The summed E-state index contributed by atoms with van der Waals surface area (Å²) in [4.78, 5) is 23.9. The third kappa shape index (κ3) is 2.30. The summed E-state index contributed by atoms with van der Waals surface area (Å²) in [6.45, 7) is -0.762. The zero-order valence-electron chi connectivity index (χ0n) is 7.98. The SMILES string of the molecule is O=C1CCCCC(=O)N1C(CO)CO. The van der Waals surface area contributed by atoms with Crippen molar-refractivity contribution in [3.8, 4) is 0 Å². The van der Waals surface area contributed by atoms with Crippen LogP contribution in [0.1, 0.15) is 25.7 Å². The third-order valence-corrected chi connectivity index (χ3v) is 2.36. The number of nitrogens with zero attached hydrogens (tertiary/aromatic N) is 1. The summed E-state index contributed by atoms with van der Waals surface area (Å²) in [5.41, 5.74) is 0. The van der Waals surface area contributed by atoms with Gasteiger partial charge in [0, 0.05) is 12.8 Å². The largest absolute Gasteiger partial charge is 0.394 e. The van der Waals surface area contributed by atoms with E-state index < -0.39 is 6.04 Å². The number of rotatable bonds is 3. The van der Waals surface area contributed by atoms with Crippen LogP contribution in [0.5, 0.6) is 0 Å². The Bertz CT molecular complexity index is 207. The molecule has 5 nitrogen and oxygen atoms in total. The average molecular weight is 201 g/mol. The van der Waals surface area contributed by atoms with E-state index in [9.17, 15) is 9.59 Å². The first-order valence-electron chi connectivity index (χ1n) is 4.77. The first kappa shape index (κ1) is 11.1. The molecule has 1 aliphatic rings. The van der Waals surface area contributed by atoms with E-state index in [4.69, 9.17) is 10.2 Å². The van der Waals surface area contributed by atoms with Crippen LogP contribution in [0.3, 0.4) is 0 Å². The molecule has 0 aromatic heterocycles. The Kier molecular flexibility index (Phi) is 4.03. The summed E-state index contributed by atoms with van der Waals surface area (Å²) in [5, 5.41) is 17.8. The maximum absolute atomic E-state index is 11.5. The fourth-order valence-corrected chi connectivity index (χ4v) is 1.56. The van der Waals surface area contributed by atoms with Gasteiger partial charge in [-0.3, -0.25) is 14.5 Å². The molecular formula is C9H15NO4. The van der Waals surface area contributed by atoms with Crippen molar-refractivity contribution in [3.05, 3.63) is 0 Å². The van der Waals surface area contributed by atoms with Crippen LogP contribution in [-0.2, 0) is 9.59 Å². The van der Waals surface area contributed by atoms with Crippen LogP contribution < -0.4 is 0 Å². The summed E-state index contributed by atoms with van der Waals surface area (Å²) in [6.07, 6.45) is 2.04. The molecule has 1 saturated heterocycles. The van der Waals surface area contributed by atoms with E-state index >= 15 is 0 Å². The summed E-state index contributed by atoms with van der Waals surface area (Å²) in [7, 11) is 0. The van der Waals surface area contributed by atoms with Crippen molar-refractivity contribution >= 4 is 11.8 Å². The molecule has 0 aromatic carbocycles. The minimum absolute atomic E-state index is 0.291. The van der Waals surface area contributed by atoms with Gasteiger partial charge in [0.25, 0.3) is 0 Å². The minimum atomic E-state index is -0.770. The first-order chi connectivity index (χ1) is 6.70. The molecule has 0 unspecified atom stereocenters. The highest BCUT2D eigenvalue weighted by molar-refractivity contribution is 5.96. The average Bonchev–Trinajstić information content (AvgIpc) is 2.33. The van der Waals surface area contributed by atoms with Crippen LogP contribution in [0, 0.1) is 0 Å². The Balaban J connectivity index is 2.78. The molecule has 0 radical (unpaired) electrons. The van der Waals surface area contributed by atoms with E-state index in [1.807, 2.05) is 0 Å². The first-order valence-corrected chi connectivity index (χ1v) is 4.77. The van der Waals surface area contributed by atoms with Gasteiger partial charge in [-0.05, 0) is 12.8 Å². The molecule has 1 rings (SSSR count). The maximum atomic E-state index is 11.5. The molecular weight excluding hydrogens is 186 g/mol. The molecule has 14 heavy (non-hydrogen) atoms. The van der Waals surface area contributed by atoms with Crippen LogP contribution in [0.4, 0.5) is 0 Å². The Labute approximate surface area is 82.3 Å². The summed E-state index contributed by atoms with van der Waals surface area (Å²) in [5.74, 6) is -0.582. The Hall–Kier alpha value is -0.940. The van der Waals surface area contributed by atoms with Gasteiger partial charge in [-0.25, -0.2) is 0 Å². The van der Waals surface area contributed by atoms with E-state index in [0.717, 1.165) is 4.90 Å². The summed E-state index contributed by atoms with van der Waals surface area (Å²) < 4.78 is 0. The number of carbonyl (C=O) groups excluding carboxylic acids is 2. The van der Waals surface area contributed by atoms with E-state index in [2.05, 4.69) is 0 Å². The van der Waals surface area contributed by atoms with Gasteiger partial charge in [0.15, 0.2) is 0 Å². The second-order valence-corrected chi connectivity index (χ2v) is 3.38. The number of aliphatic hydroxyl groups is 2. The van der Waals surface area contributed by atoms with Gasteiger partial charge in [0.1, 0.15) is 0 Å². The van der Waals surface area contributed by atoms with Crippen molar-refractivity contribution in [2.75, 3.05) is 13.2 Å². The number of hydrogen-bond acceptors (Lipinski definition) is 4. The van der Waals surface area contributed by atoms with Gasteiger partial charge in [-0.15, -0.1) is 0 Å².